The van der Waals surface area contributed by atoms with Crippen molar-refractivity contribution in [3.63, 3.8) is 0 Å². The van der Waals surface area contributed by atoms with Gasteiger partial charge in [-0.2, -0.15) is 0 Å². The molecule has 1 saturated carbocycles. The molecule has 8 rings (SSSR count). The van der Waals surface area contributed by atoms with Gasteiger partial charge in [0.2, 0.25) is 0 Å². The van der Waals surface area contributed by atoms with Gasteiger partial charge in [-0.05, 0) is 84.4 Å². The highest BCUT2D eigenvalue weighted by Gasteiger charge is 2.51. The maximum absolute atomic E-state index is 13.8. The summed E-state index contributed by atoms with van der Waals surface area (Å²) in [5.74, 6) is 9.88. The number of aliphatic imine (C=N–C) groups is 1. The molecule has 1 unspecified atom stereocenters. The number of hydrogen-bond acceptors (Lipinski definition) is 10. The van der Waals surface area contributed by atoms with Crippen molar-refractivity contribution < 1.29 is 39.6 Å². The van der Waals surface area contributed by atoms with Crippen molar-refractivity contribution in [2.24, 2.45) is 28.0 Å². The molecule has 0 radical (unpaired) electrons. The number of nitrogens with zero attached hydrogens (tertiary/aromatic N) is 1. The lowest BCUT2D eigenvalue weighted by Crippen LogP contribution is -3.13. The Bertz CT molecular complexity index is 2180. The van der Waals surface area contributed by atoms with Gasteiger partial charge in [0.1, 0.15) is 48.1 Å². The molecule has 0 amide bonds. The highest BCUT2D eigenvalue weighted by molar-refractivity contribution is 6.08. The van der Waals surface area contributed by atoms with Gasteiger partial charge in [0, 0.05) is 37.6 Å². The summed E-state index contributed by atoms with van der Waals surface area (Å²) in [5.41, 5.74) is 13.6. The minimum absolute atomic E-state index is 0.0340. The predicted molar refractivity (Wildman–Crippen MR) is 229 cm³/mol. The van der Waals surface area contributed by atoms with Crippen LogP contribution in [0.1, 0.15) is 131 Å². The molecule has 2 aromatic rings. The standard InChI is InChI=1S/C49H60N4O7/c1-3-5-6-10-36(44(58)25-32(54)9-4-2)42(56)15-11-30-24-46-45(26-43(30)57)59-22-20-49(18-7-8-19-49)39-14-16-41(55)34-12-13-35-33(17-21-51-47(35)50)37(34)23-31-27-52-40-29-53(28-38(31)40)48(39)60-46/h12-13,24,26-28,32,36,39,41,44,47-48,51,54-55,57-58H,3-11,15,17-19,21,23,25,29,50H2,1-2H3/p+1/t32-,36-,39-,41+,44-,47-,48+/m1/s1. The number of unbranched alkanes of at least 4 members (excludes halogenated alkanes) is 2. The first-order valence-electron chi connectivity index (χ1n) is 22.4. The Balaban J connectivity index is 1.14. The number of carbonyl (C=O) groups is 1. The van der Waals surface area contributed by atoms with E-state index in [1.54, 1.807) is 6.07 Å². The quantitative estimate of drug-likeness (QED) is 0.111. The zero-order valence-corrected chi connectivity index (χ0v) is 35.1. The summed E-state index contributed by atoms with van der Waals surface area (Å²) in [4.78, 5) is 19.8. The number of aliphatic hydroxyl groups is 3. The van der Waals surface area contributed by atoms with Crippen LogP contribution in [0.3, 0.4) is 0 Å². The topological polar surface area (TPSA) is 171 Å². The highest BCUT2D eigenvalue weighted by atomic mass is 16.5. The number of ketones is 1. The number of quaternary nitrogens is 1. The number of aromatic hydroxyl groups is 1. The fourth-order valence-corrected chi connectivity index (χ4v) is 10.4. The summed E-state index contributed by atoms with van der Waals surface area (Å²) in [6.07, 6.45) is 13.7. The van der Waals surface area contributed by atoms with Gasteiger partial charge in [-0.3, -0.25) is 20.0 Å². The van der Waals surface area contributed by atoms with Gasteiger partial charge in [-0.1, -0.05) is 82.3 Å². The van der Waals surface area contributed by atoms with Gasteiger partial charge in [-0.25, -0.2) is 0 Å². The molecule has 0 aromatic heterocycles. The van der Waals surface area contributed by atoms with Crippen LogP contribution in [0.2, 0.25) is 0 Å². The minimum atomic E-state index is -1.06. The van der Waals surface area contributed by atoms with Crippen LogP contribution in [-0.2, 0) is 24.1 Å². The first kappa shape index (κ1) is 42.2. The van der Waals surface area contributed by atoms with Crippen molar-refractivity contribution in [3.05, 3.63) is 75.6 Å². The Morgan fingerprint density at radius 2 is 1.88 bits per heavy atom. The van der Waals surface area contributed by atoms with E-state index in [0.29, 0.717) is 37.1 Å². The number of fused-ring (bicyclic) bond motifs is 8. The maximum Gasteiger partial charge on any atom is 0.252 e. The third-order valence-electron chi connectivity index (χ3n) is 13.7. The summed E-state index contributed by atoms with van der Waals surface area (Å²) < 4.78 is 13.2. The second-order valence-electron chi connectivity index (χ2n) is 17.7. The van der Waals surface area contributed by atoms with Gasteiger partial charge in [-0.15, -0.1) is 0 Å². The molecule has 0 saturated heterocycles. The minimum Gasteiger partial charge on any atom is -0.508 e. The van der Waals surface area contributed by atoms with Gasteiger partial charge in [0.05, 0.1) is 29.4 Å². The zero-order chi connectivity index (χ0) is 42.0. The molecule has 1 aliphatic carbocycles. The van der Waals surface area contributed by atoms with E-state index in [1.807, 2.05) is 25.3 Å². The summed E-state index contributed by atoms with van der Waals surface area (Å²) >= 11 is 0. The molecular weight excluding hydrogens is 757 g/mol. The van der Waals surface area contributed by atoms with E-state index in [1.165, 1.54) is 11.6 Å². The van der Waals surface area contributed by atoms with E-state index in [-0.39, 0.29) is 42.7 Å². The number of ether oxygens (including phenoxy) is 2. The molecule has 2 bridgehead atoms. The Labute approximate surface area is 354 Å². The van der Waals surface area contributed by atoms with E-state index in [2.05, 4.69) is 42.3 Å². The van der Waals surface area contributed by atoms with Gasteiger partial charge >= 0.3 is 0 Å². The molecular formula is C49H61N4O7+. The van der Waals surface area contributed by atoms with Crippen molar-refractivity contribution in [2.75, 3.05) is 13.1 Å². The third kappa shape index (κ3) is 8.54. The van der Waals surface area contributed by atoms with Crippen molar-refractivity contribution in [1.82, 2.24) is 5.32 Å². The number of phenols is 1. The van der Waals surface area contributed by atoms with Crippen LogP contribution in [0.5, 0.6) is 17.2 Å². The summed E-state index contributed by atoms with van der Waals surface area (Å²) in [6, 6.07) is 7.26. The second-order valence-corrected chi connectivity index (χ2v) is 17.7. The van der Waals surface area contributed by atoms with E-state index in [0.717, 1.165) is 103 Å². The van der Waals surface area contributed by atoms with Crippen molar-refractivity contribution in [2.45, 2.75) is 141 Å². The fraction of sp³-hybridized carbons (Fsp3) is 0.551. The summed E-state index contributed by atoms with van der Waals surface area (Å²) in [5, 5.41) is 48.3. The van der Waals surface area contributed by atoms with Gasteiger partial charge in [0.25, 0.3) is 6.23 Å². The van der Waals surface area contributed by atoms with Crippen LogP contribution in [-0.4, -0.2) is 63.4 Å². The number of rotatable bonds is 13. The Morgan fingerprint density at radius 1 is 1.07 bits per heavy atom. The molecule has 1 fully saturated rings. The number of carbonyl (C=O) groups excluding carboxylic acids is 1. The predicted octanol–water partition coefficient (Wildman–Crippen LogP) is 4.75. The van der Waals surface area contributed by atoms with Crippen LogP contribution in [0.4, 0.5) is 0 Å². The number of hydrogen-bond donors (Lipinski definition) is 7. The molecule has 11 nitrogen and oxygen atoms in total. The molecule has 5 aliphatic heterocycles. The van der Waals surface area contributed by atoms with Crippen molar-refractivity contribution in [3.8, 4) is 41.1 Å². The van der Waals surface area contributed by atoms with Crippen LogP contribution in [0.25, 0.3) is 0 Å². The lowest BCUT2D eigenvalue weighted by atomic mass is 9.73. The molecule has 2 aromatic carbocycles. The largest absolute Gasteiger partial charge is 0.508 e. The van der Waals surface area contributed by atoms with E-state index >= 15 is 0 Å². The molecule has 60 heavy (non-hydrogen) atoms. The van der Waals surface area contributed by atoms with Crippen LogP contribution in [0, 0.1) is 41.1 Å². The number of benzene rings is 2. The Morgan fingerprint density at radius 3 is 2.68 bits per heavy atom. The van der Waals surface area contributed by atoms with Gasteiger partial charge in [0.15, 0.2) is 11.5 Å². The third-order valence-corrected chi connectivity index (χ3v) is 13.7. The number of phenolic OH excluding ortho intramolecular Hbond substituents is 1. The highest BCUT2D eigenvalue weighted by Crippen LogP contribution is 2.47. The number of aryl methyl sites for hydroxylation is 1. The number of Topliss-reactive ketones (excluding diaryl/α,β-unsaturated/α-hetero) is 1. The first-order chi connectivity index (χ1) is 29.1. The van der Waals surface area contributed by atoms with Crippen LogP contribution < -0.4 is 25.4 Å². The average molecular weight is 818 g/mol. The lowest BCUT2D eigenvalue weighted by Gasteiger charge is -2.36. The van der Waals surface area contributed by atoms with Gasteiger partial charge < -0.3 is 35.6 Å². The lowest BCUT2D eigenvalue weighted by molar-refractivity contribution is -0.888. The fourth-order valence-electron chi connectivity index (χ4n) is 10.4. The number of allylic oxidation sites excluding steroid dienone is 1. The second kappa shape index (κ2) is 18.3. The van der Waals surface area contributed by atoms with Crippen molar-refractivity contribution in [1.29, 1.82) is 0 Å². The molecule has 6 aliphatic rings. The summed E-state index contributed by atoms with van der Waals surface area (Å²) in [6.45, 7) is 5.41. The zero-order valence-electron chi connectivity index (χ0n) is 35.1. The summed E-state index contributed by atoms with van der Waals surface area (Å²) in [7, 11) is 0. The molecule has 11 heteroatoms. The average Bonchev–Trinajstić information content (AvgIpc) is 3.97. The van der Waals surface area contributed by atoms with E-state index in [9.17, 15) is 25.2 Å². The molecule has 1 spiro atoms. The number of nitrogens with one attached hydrogen (secondary N) is 2. The maximum atomic E-state index is 13.8. The molecule has 318 valence electrons. The van der Waals surface area contributed by atoms with Crippen LogP contribution in [0.15, 0.2) is 52.8 Å². The van der Waals surface area contributed by atoms with Crippen molar-refractivity contribution >= 4 is 11.5 Å². The number of nitrogens with two attached hydrogens (primary N) is 1. The monoisotopic (exact) mass is 817 g/mol. The molecule has 5 heterocycles. The van der Waals surface area contributed by atoms with Crippen LogP contribution >= 0.6 is 0 Å². The Hall–Kier alpha value is -4.46. The Kier molecular flexibility index (Phi) is 12.9. The van der Waals surface area contributed by atoms with E-state index in [4.69, 9.17) is 20.2 Å². The first-order valence-corrected chi connectivity index (χ1v) is 22.4. The smallest absolute Gasteiger partial charge is 0.252 e. The normalized spacial score (nSPS) is 26.0. The molecule has 8 atom stereocenters. The SMILES string of the molecule is CCCCC[C@H](C(=O)CCc1cc2c(cc1O)OC#CC1(CCCC1)[C@@H]1C#C[C@H](O)c3ccc4c(c3CC3=CN=C5C[NH+](C=C35)[C@H]1O2)CCN[C@H]4N)[C@H](O)C[C@H](O)CCC. The number of aliphatic hydroxyl groups excluding tert-OH is 3. The van der Waals surface area contributed by atoms with E-state index < -0.39 is 41.8 Å². The molecule has 8 N–H and O–H groups in total.